The van der Waals surface area contributed by atoms with E-state index < -0.39 is 0 Å². The van der Waals surface area contributed by atoms with Crippen LogP contribution < -0.4 is 14.8 Å². The van der Waals surface area contributed by atoms with E-state index in [0.29, 0.717) is 6.61 Å². The third kappa shape index (κ3) is 3.87. The Balaban J connectivity index is 1.81. The molecule has 4 nitrogen and oxygen atoms in total. The lowest BCUT2D eigenvalue weighted by molar-refractivity contribution is 0.120. The van der Waals surface area contributed by atoms with Crippen LogP contribution in [0.2, 0.25) is 0 Å². The van der Waals surface area contributed by atoms with E-state index in [-0.39, 0.29) is 5.54 Å². The molecule has 1 aliphatic heterocycles. The molecule has 112 valence electrons. The van der Waals surface area contributed by atoms with Gasteiger partial charge >= 0.3 is 0 Å². The molecular formula is C16H26N2O2. The summed E-state index contributed by atoms with van der Waals surface area (Å²) in [6.45, 7) is 9.40. The number of para-hydroxylation sites is 2. The normalized spacial score (nSPS) is 23.6. The largest absolute Gasteiger partial charge is 0.493 e. The highest BCUT2D eigenvalue weighted by Gasteiger charge is 2.28. The Hall–Kier alpha value is -1.26. The lowest BCUT2D eigenvalue weighted by Crippen LogP contribution is -2.58. The van der Waals surface area contributed by atoms with E-state index in [4.69, 9.17) is 9.47 Å². The zero-order chi connectivity index (χ0) is 14.4. The van der Waals surface area contributed by atoms with Gasteiger partial charge in [-0.3, -0.25) is 4.90 Å². The molecule has 2 rings (SSSR count). The average Bonchev–Trinajstić information content (AvgIpc) is 2.48. The van der Waals surface area contributed by atoms with Gasteiger partial charge in [0.2, 0.25) is 0 Å². The van der Waals surface area contributed by atoms with Crippen LogP contribution in [-0.2, 0) is 0 Å². The van der Waals surface area contributed by atoms with Crippen molar-refractivity contribution in [2.75, 3.05) is 39.9 Å². The summed E-state index contributed by atoms with van der Waals surface area (Å²) < 4.78 is 11.1. The van der Waals surface area contributed by atoms with Crippen molar-refractivity contribution in [3.05, 3.63) is 24.3 Å². The lowest BCUT2D eigenvalue weighted by Gasteiger charge is -2.41. The molecule has 1 aliphatic rings. The van der Waals surface area contributed by atoms with Gasteiger partial charge in [0.25, 0.3) is 0 Å². The molecule has 1 N–H and O–H groups in total. The molecule has 1 aromatic rings. The van der Waals surface area contributed by atoms with Crippen molar-refractivity contribution < 1.29 is 9.47 Å². The predicted octanol–water partition coefficient (Wildman–Crippen LogP) is 2.15. The van der Waals surface area contributed by atoms with Crippen LogP contribution in [0.1, 0.15) is 20.3 Å². The minimum atomic E-state index is 0.239. The zero-order valence-corrected chi connectivity index (χ0v) is 12.8. The van der Waals surface area contributed by atoms with E-state index in [0.717, 1.165) is 44.1 Å². The van der Waals surface area contributed by atoms with Gasteiger partial charge < -0.3 is 14.8 Å². The molecule has 1 aromatic carbocycles. The fourth-order valence-electron chi connectivity index (χ4n) is 2.59. The molecule has 0 aliphatic carbocycles. The highest BCUT2D eigenvalue weighted by atomic mass is 16.5. The second-order valence-corrected chi connectivity index (χ2v) is 5.62. The molecule has 0 aromatic heterocycles. The molecule has 20 heavy (non-hydrogen) atoms. The minimum absolute atomic E-state index is 0.239. The number of methoxy groups -OCH3 is 1. The van der Waals surface area contributed by atoms with Crippen molar-refractivity contribution in [1.29, 1.82) is 0 Å². The van der Waals surface area contributed by atoms with Crippen LogP contribution in [0.5, 0.6) is 11.5 Å². The Labute approximate surface area is 122 Å². The van der Waals surface area contributed by atoms with Gasteiger partial charge in [-0.25, -0.2) is 0 Å². The first-order valence-corrected chi connectivity index (χ1v) is 7.40. The van der Waals surface area contributed by atoms with Gasteiger partial charge in [0.1, 0.15) is 6.61 Å². The van der Waals surface area contributed by atoms with E-state index in [1.165, 1.54) is 0 Å². The summed E-state index contributed by atoms with van der Waals surface area (Å²) >= 11 is 0. The Kier molecular flexibility index (Phi) is 5.26. The molecule has 0 spiro atoms. The second-order valence-electron chi connectivity index (χ2n) is 5.62. The van der Waals surface area contributed by atoms with Crippen LogP contribution in [0, 0.1) is 0 Å². The van der Waals surface area contributed by atoms with Crippen LogP contribution in [-0.4, -0.2) is 50.3 Å². The first kappa shape index (κ1) is 15.1. The maximum absolute atomic E-state index is 5.85. The number of nitrogens with zero attached hydrogens (tertiary/aromatic N) is 1. The van der Waals surface area contributed by atoms with Crippen molar-refractivity contribution in [2.24, 2.45) is 0 Å². The number of nitrogens with one attached hydrogen (secondary N) is 1. The first-order valence-electron chi connectivity index (χ1n) is 7.40. The number of piperazine rings is 1. The summed E-state index contributed by atoms with van der Waals surface area (Å²) in [6.07, 6.45) is 1.15. The summed E-state index contributed by atoms with van der Waals surface area (Å²) in [6, 6.07) is 7.80. The summed E-state index contributed by atoms with van der Waals surface area (Å²) in [5.41, 5.74) is 0.239. The van der Waals surface area contributed by atoms with E-state index in [2.05, 4.69) is 24.1 Å². The van der Waals surface area contributed by atoms with Crippen LogP contribution in [0.15, 0.2) is 24.3 Å². The maximum Gasteiger partial charge on any atom is 0.161 e. The quantitative estimate of drug-likeness (QED) is 0.864. The monoisotopic (exact) mass is 278 g/mol. The second kappa shape index (κ2) is 6.95. The van der Waals surface area contributed by atoms with Gasteiger partial charge in [-0.1, -0.05) is 19.1 Å². The lowest BCUT2D eigenvalue weighted by atomic mass is 9.96. The van der Waals surface area contributed by atoms with Gasteiger partial charge in [-0.2, -0.15) is 0 Å². The van der Waals surface area contributed by atoms with Gasteiger partial charge in [-0.15, -0.1) is 0 Å². The van der Waals surface area contributed by atoms with Crippen molar-refractivity contribution in [2.45, 2.75) is 25.8 Å². The number of rotatable bonds is 6. The van der Waals surface area contributed by atoms with Crippen molar-refractivity contribution in [1.82, 2.24) is 10.2 Å². The van der Waals surface area contributed by atoms with Gasteiger partial charge in [0.15, 0.2) is 11.5 Å². The third-order valence-corrected chi connectivity index (χ3v) is 4.07. The fourth-order valence-corrected chi connectivity index (χ4v) is 2.59. The Morgan fingerprint density at radius 1 is 1.30 bits per heavy atom. The topological polar surface area (TPSA) is 33.7 Å². The summed E-state index contributed by atoms with van der Waals surface area (Å²) in [5.74, 6) is 1.62. The van der Waals surface area contributed by atoms with Gasteiger partial charge in [0.05, 0.1) is 7.11 Å². The Bertz CT molecular complexity index is 425. The van der Waals surface area contributed by atoms with Crippen molar-refractivity contribution in [3.8, 4) is 11.5 Å². The smallest absolute Gasteiger partial charge is 0.161 e. The summed E-state index contributed by atoms with van der Waals surface area (Å²) in [4.78, 5) is 2.47. The van der Waals surface area contributed by atoms with E-state index in [9.17, 15) is 0 Å². The van der Waals surface area contributed by atoms with E-state index in [1.807, 2.05) is 24.3 Å². The number of hydrogen-bond donors (Lipinski definition) is 1. The van der Waals surface area contributed by atoms with E-state index in [1.54, 1.807) is 7.11 Å². The Morgan fingerprint density at radius 2 is 2.05 bits per heavy atom. The fraction of sp³-hybridized carbons (Fsp3) is 0.625. The van der Waals surface area contributed by atoms with Crippen LogP contribution >= 0.6 is 0 Å². The number of benzene rings is 1. The van der Waals surface area contributed by atoms with Gasteiger partial charge in [0, 0.05) is 31.7 Å². The highest BCUT2D eigenvalue weighted by molar-refractivity contribution is 5.39. The van der Waals surface area contributed by atoms with E-state index >= 15 is 0 Å². The highest BCUT2D eigenvalue weighted by Crippen LogP contribution is 2.25. The first-order chi connectivity index (χ1) is 9.67. The van der Waals surface area contributed by atoms with Crippen LogP contribution in [0.4, 0.5) is 0 Å². The number of ether oxygens (including phenoxy) is 2. The minimum Gasteiger partial charge on any atom is -0.493 e. The number of hydrogen-bond acceptors (Lipinski definition) is 4. The zero-order valence-electron chi connectivity index (χ0n) is 12.8. The molecular weight excluding hydrogens is 252 g/mol. The molecule has 1 fully saturated rings. The predicted molar refractivity (Wildman–Crippen MR) is 81.6 cm³/mol. The molecule has 4 heteroatoms. The van der Waals surface area contributed by atoms with Crippen molar-refractivity contribution in [3.63, 3.8) is 0 Å². The summed E-state index contributed by atoms with van der Waals surface area (Å²) in [7, 11) is 1.67. The molecule has 1 saturated heterocycles. The SMILES string of the molecule is CCC1(C)CN(CCOc2ccccc2OC)CCN1. The van der Waals surface area contributed by atoms with Crippen LogP contribution in [0.25, 0.3) is 0 Å². The third-order valence-electron chi connectivity index (χ3n) is 4.07. The molecule has 0 saturated carbocycles. The molecule has 1 heterocycles. The molecule has 0 amide bonds. The molecule has 1 atom stereocenters. The molecule has 0 bridgehead atoms. The maximum atomic E-state index is 5.85. The summed E-state index contributed by atoms with van der Waals surface area (Å²) in [5, 5.41) is 3.60. The van der Waals surface area contributed by atoms with Crippen LogP contribution in [0.3, 0.4) is 0 Å². The standard InChI is InChI=1S/C16H26N2O2/c1-4-16(2)13-18(10-9-17-16)11-12-20-15-8-6-5-7-14(15)19-3/h5-8,17H,4,9-13H2,1-3H3. The van der Waals surface area contributed by atoms with Gasteiger partial charge in [-0.05, 0) is 25.5 Å². The average molecular weight is 278 g/mol. The Morgan fingerprint density at radius 3 is 2.75 bits per heavy atom. The molecule has 1 unspecified atom stereocenters. The molecule has 0 radical (unpaired) electrons. The van der Waals surface area contributed by atoms with Crippen molar-refractivity contribution >= 4 is 0 Å².